The van der Waals surface area contributed by atoms with Gasteiger partial charge in [0.25, 0.3) is 5.91 Å². The quantitative estimate of drug-likeness (QED) is 0.720. The van der Waals surface area contributed by atoms with Crippen molar-refractivity contribution in [3.8, 4) is 11.1 Å². The minimum absolute atomic E-state index is 0.0688. The highest BCUT2D eigenvalue weighted by atomic mass is 16.2. The molecule has 5 heteroatoms. The smallest absolute Gasteiger partial charge is 0.257 e. The Labute approximate surface area is 158 Å². The van der Waals surface area contributed by atoms with Gasteiger partial charge in [-0.1, -0.05) is 54.6 Å². The number of H-pyrrole nitrogens is 1. The van der Waals surface area contributed by atoms with Crippen molar-refractivity contribution in [2.24, 2.45) is 5.92 Å². The first-order valence-corrected chi connectivity index (χ1v) is 9.20. The highest BCUT2D eigenvalue weighted by Gasteiger charge is 2.29. The average Bonchev–Trinajstić information content (AvgIpc) is 3.28. The zero-order chi connectivity index (χ0) is 18.6. The maximum atomic E-state index is 12.9. The van der Waals surface area contributed by atoms with Crippen LogP contribution in [0.2, 0.25) is 0 Å². The highest BCUT2D eigenvalue weighted by molar-refractivity contribution is 5.99. The minimum Gasteiger partial charge on any atom is -0.338 e. The van der Waals surface area contributed by atoms with E-state index < -0.39 is 0 Å². The van der Waals surface area contributed by atoms with Gasteiger partial charge >= 0.3 is 0 Å². The average molecular weight is 359 g/mol. The Hall–Kier alpha value is -3.21. The summed E-state index contributed by atoms with van der Waals surface area (Å²) in [6.45, 7) is 1.14. The summed E-state index contributed by atoms with van der Waals surface area (Å²) in [4.78, 5) is 27.2. The van der Waals surface area contributed by atoms with Crippen LogP contribution in [0.5, 0.6) is 0 Å². The van der Waals surface area contributed by atoms with E-state index in [-0.39, 0.29) is 17.6 Å². The van der Waals surface area contributed by atoms with Crippen molar-refractivity contribution in [1.82, 2.24) is 15.1 Å². The van der Waals surface area contributed by atoms with E-state index in [4.69, 9.17) is 0 Å². The Morgan fingerprint density at radius 3 is 2.41 bits per heavy atom. The molecule has 5 nitrogen and oxygen atoms in total. The van der Waals surface area contributed by atoms with Gasteiger partial charge in [0.15, 0.2) is 5.78 Å². The predicted molar refractivity (Wildman–Crippen MR) is 103 cm³/mol. The van der Waals surface area contributed by atoms with Crippen LogP contribution in [0, 0.1) is 5.92 Å². The molecular weight excluding hydrogens is 338 g/mol. The molecule has 1 aromatic heterocycles. The van der Waals surface area contributed by atoms with Crippen molar-refractivity contribution in [1.29, 1.82) is 0 Å². The van der Waals surface area contributed by atoms with Crippen LogP contribution in [-0.4, -0.2) is 39.9 Å². The lowest BCUT2D eigenvalue weighted by atomic mass is 9.89. The normalized spacial score (nSPS) is 16.9. The largest absolute Gasteiger partial charge is 0.338 e. The summed E-state index contributed by atoms with van der Waals surface area (Å²) >= 11 is 0. The van der Waals surface area contributed by atoms with E-state index >= 15 is 0 Å². The number of Topliss-reactive ketones (excluding diaryl/α,β-unsaturated/α-hetero) is 1. The molecular formula is C22H21N3O2. The first-order chi connectivity index (χ1) is 13.2. The molecule has 1 aliphatic rings. The second-order valence-corrected chi connectivity index (χ2v) is 6.88. The van der Waals surface area contributed by atoms with E-state index in [0.29, 0.717) is 24.2 Å². The molecule has 1 fully saturated rings. The third-order valence-corrected chi connectivity index (χ3v) is 5.10. The second kappa shape index (κ2) is 7.58. The Morgan fingerprint density at radius 1 is 0.963 bits per heavy atom. The maximum absolute atomic E-state index is 12.9. The predicted octanol–water partition coefficient (Wildman–Crippen LogP) is 3.81. The van der Waals surface area contributed by atoms with Crippen LogP contribution < -0.4 is 0 Å². The summed E-state index contributed by atoms with van der Waals surface area (Å²) < 4.78 is 0. The van der Waals surface area contributed by atoms with Gasteiger partial charge in [0.1, 0.15) is 0 Å². The number of hydrogen-bond donors (Lipinski definition) is 1. The molecule has 1 amide bonds. The van der Waals surface area contributed by atoms with Crippen molar-refractivity contribution >= 4 is 11.7 Å². The van der Waals surface area contributed by atoms with Crippen LogP contribution in [0.15, 0.2) is 67.0 Å². The molecule has 2 aromatic carbocycles. The molecule has 0 saturated carbocycles. The standard InChI is InChI=1S/C22H21N3O2/c26-21(18-10-8-17(9-11-18)16-5-2-1-3-6-16)19-7-4-12-25(15-19)22(27)20-13-23-24-14-20/h1-3,5-6,8-11,13-14,19H,4,7,12,15H2,(H,23,24)/t19-/m0/s1. The summed E-state index contributed by atoms with van der Waals surface area (Å²) in [5, 5.41) is 6.50. The van der Waals surface area contributed by atoms with E-state index in [9.17, 15) is 9.59 Å². The Bertz CT molecular complexity index is 918. The number of likely N-dealkylation sites (tertiary alicyclic amines) is 1. The number of aromatic nitrogens is 2. The zero-order valence-electron chi connectivity index (χ0n) is 15.0. The molecule has 2 heterocycles. The lowest BCUT2D eigenvalue weighted by molar-refractivity contribution is 0.0637. The fraction of sp³-hybridized carbons (Fsp3) is 0.227. The van der Waals surface area contributed by atoms with Gasteiger partial charge in [0.2, 0.25) is 0 Å². The summed E-state index contributed by atoms with van der Waals surface area (Å²) in [6.07, 6.45) is 4.77. The molecule has 1 aliphatic heterocycles. The highest BCUT2D eigenvalue weighted by Crippen LogP contribution is 2.24. The van der Waals surface area contributed by atoms with Crippen LogP contribution >= 0.6 is 0 Å². The Kier molecular flexibility index (Phi) is 4.83. The third kappa shape index (κ3) is 3.67. The molecule has 3 aromatic rings. The van der Waals surface area contributed by atoms with Gasteiger partial charge in [-0.3, -0.25) is 14.7 Å². The molecule has 0 bridgehead atoms. The summed E-state index contributed by atoms with van der Waals surface area (Å²) in [5.41, 5.74) is 3.46. The summed E-state index contributed by atoms with van der Waals surface area (Å²) in [5.74, 6) is -0.114. The van der Waals surface area contributed by atoms with Gasteiger partial charge in [-0.2, -0.15) is 5.10 Å². The van der Waals surface area contributed by atoms with Gasteiger partial charge in [0, 0.05) is 30.8 Å². The molecule has 136 valence electrons. The van der Waals surface area contributed by atoms with Crippen LogP contribution in [0.3, 0.4) is 0 Å². The van der Waals surface area contributed by atoms with Crippen molar-refractivity contribution in [2.45, 2.75) is 12.8 Å². The molecule has 27 heavy (non-hydrogen) atoms. The fourth-order valence-electron chi connectivity index (χ4n) is 3.62. The van der Waals surface area contributed by atoms with Gasteiger partial charge in [-0.05, 0) is 24.0 Å². The lowest BCUT2D eigenvalue weighted by Gasteiger charge is -2.31. The number of nitrogens with zero attached hydrogens (tertiary/aromatic N) is 2. The number of piperidine rings is 1. The fourth-order valence-corrected chi connectivity index (χ4v) is 3.62. The molecule has 1 atom stereocenters. The zero-order valence-corrected chi connectivity index (χ0v) is 15.0. The topological polar surface area (TPSA) is 66.1 Å². The molecule has 0 unspecified atom stereocenters. The first kappa shape index (κ1) is 17.2. The van der Waals surface area contributed by atoms with E-state index in [0.717, 1.165) is 24.0 Å². The van der Waals surface area contributed by atoms with Crippen molar-refractivity contribution in [3.05, 3.63) is 78.1 Å². The number of aromatic amines is 1. The second-order valence-electron chi connectivity index (χ2n) is 6.88. The van der Waals surface area contributed by atoms with Gasteiger partial charge in [-0.15, -0.1) is 0 Å². The number of benzene rings is 2. The number of carbonyl (C=O) groups is 2. The number of hydrogen-bond acceptors (Lipinski definition) is 3. The number of nitrogens with one attached hydrogen (secondary N) is 1. The van der Waals surface area contributed by atoms with E-state index in [1.165, 1.54) is 6.20 Å². The molecule has 1 N–H and O–H groups in total. The van der Waals surface area contributed by atoms with Crippen LogP contribution in [0.25, 0.3) is 11.1 Å². The van der Waals surface area contributed by atoms with Crippen molar-refractivity contribution in [2.75, 3.05) is 13.1 Å². The third-order valence-electron chi connectivity index (χ3n) is 5.10. The van der Waals surface area contributed by atoms with Crippen LogP contribution in [0.4, 0.5) is 0 Å². The number of amides is 1. The molecule has 0 aliphatic carbocycles. The summed E-state index contributed by atoms with van der Waals surface area (Å²) in [6, 6.07) is 17.8. The Morgan fingerprint density at radius 2 is 1.70 bits per heavy atom. The van der Waals surface area contributed by atoms with Crippen molar-refractivity contribution < 1.29 is 9.59 Å². The summed E-state index contributed by atoms with van der Waals surface area (Å²) in [7, 11) is 0. The van der Waals surface area contributed by atoms with Gasteiger partial charge < -0.3 is 4.90 Å². The van der Waals surface area contributed by atoms with Crippen LogP contribution in [-0.2, 0) is 0 Å². The Balaban J connectivity index is 1.46. The first-order valence-electron chi connectivity index (χ1n) is 9.20. The van der Waals surface area contributed by atoms with Gasteiger partial charge in [-0.25, -0.2) is 0 Å². The number of carbonyl (C=O) groups excluding carboxylic acids is 2. The van der Waals surface area contributed by atoms with E-state index in [2.05, 4.69) is 22.3 Å². The number of rotatable bonds is 4. The SMILES string of the molecule is O=C(c1ccc(-c2ccccc2)cc1)[C@H]1CCCN(C(=O)c2cn[nH]c2)C1. The van der Waals surface area contributed by atoms with E-state index in [1.807, 2.05) is 42.5 Å². The molecule has 4 rings (SSSR count). The molecule has 0 spiro atoms. The number of ketones is 1. The van der Waals surface area contributed by atoms with E-state index in [1.54, 1.807) is 11.1 Å². The van der Waals surface area contributed by atoms with Crippen LogP contribution in [0.1, 0.15) is 33.6 Å². The monoisotopic (exact) mass is 359 g/mol. The lowest BCUT2D eigenvalue weighted by Crippen LogP contribution is -2.42. The van der Waals surface area contributed by atoms with Crippen molar-refractivity contribution in [3.63, 3.8) is 0 Å². The molecule has 0 radical (unpaired) electrons. The minimum atomic E-state index is -0.155. The maximum Gasteiger partial charge on any atom is 0.257 e. The molecule has 1 saturated heterocycles. The van der Waals surface area contributed by atoms with Gasteiger partial charge in [0.05, 0.1) is 11.8 Å².